The number of nitrogens with zero attached hydrogens (tertiary/aromatic N) is 1. The molecule has 1 aliphatic rings. The maximum absolute atomic E-state index is 12.9. The maximum Gasteiger partial charge on any atom is 0.416 e. The number of hydrogen-bond acceptors (Lipinski definition) is 2. The van der Waals surface area contributed by atoms with Crippen molar-refractivity contribution in [2.75, 3.05) is 0 Å². The summed E-state index contributed by atoms with van der Waals surface area (Å²) in [6.07, 6.45) is -6.17. The molecule has 104 valence electrons. The standard InChI is InChI=1S/C13H14F3NO2/c1-12(2,3)17-10(18)7-5-4-6-8(13(14,15)16)9(7)11(17)19/h4-6,11,19H,1-3H3/t11-/m1/s1. The fourth-order valence-corrected chi connectivity index (χ4v) is 2.32. The van der Waals surface area contributed by atoms with E-state index in [1.165, 1.54) is 12.1 Å². The molecule has 1 amide bonds. The van der Waals surface area contributed by atoms with Gasteiger partial charge in [-0.2, -0.15) is 13.2 Å². The SMILES string of the molecule is CC(C)(C)N1C(=O)c2cccc(C(F)(F)F)c2[C@H]1O. The van der Waals surface area contributed by atoms with E-state index in [1.54, 1.807) is 20.8 Å². The van der Waals surface area contributed by atoms with E-state index in [1.807, 2.05) is 0 Å². The van der Waals surface area contributed by atoms with Gasteiger partial charge in [0.25, 0.3) is 5.91 Å². The Morgan fingerprint density at radius 3 is 2.26 bits per heavy atom. The third kappa shape index (κ3) is 2.10. The molecule has 19 heavy (non-hydrogen) atoms. The highest BCUT2D eigenvalue weighted by atomic mass is 19.4. The Morgan fingerprint density at radius 2 is 1.79 bits per heavy atom. The largest absolute Gasteiger partial charge is 0.416 e. The normalized spacial score (nSPS) is 19.8. The molecule has 1 N–H and O–H groups in total. The van der Waals surface area contributed by atoms with Crippen molar-refractivity contribution in [2.24, 2.45) is 0 Å². The second kappa shape index (κ2) is 3.96. The summed E-state index contributed by atoms with van der Waals surface area (Å²) in [5, 5.41) is 10.1. The Morgan fingerprint density at radius 1 is 1.21 bits per heavy atom. The number of alkyl halides is 3. The summed E-state index contributed by atoms with van der Waals surface area (Å²) in [6.45, 7) is 4.98. The van der Waals surface area contributed by atoms with Crippen LogP contribution in [0.15, 0.2) is 18.2 Å². The number of carbonyl (C=O) groups excluding carboxylic acids is 1. The van der Waals surface area contributed by atoms with E-state index in [-0.39, 0.29) is 11.1 Å². The summed E-state index contributed by atoms with van der Waals surface area (Å²) in [7, 11) is 0. The summed E-state index contributed by atoms with van der Waals surface area (Å²) >= 11 is 0. The number of amides is 1. The highest BCUT2D eigenvalue weighted by Crippen LogP contribution is 2.43. The lowest BCUT2D eigenvalue weighted by Crippen LogP contribution is -2.43. The van der Waals surface area contributed by atoms with Crippen LogP contribution in [0.5, 0.6) is 0 Å². The van der Waals surface area contributed by atoms with E-state index in [0.717, 1.165) is 11.0 Å². The highest BCUT2D eigenvalue weighted by Gasteiger charge is 2.47. The summed E-state index contributed by atoms with van der Waals surface area (Å²) < 4.78 is 38.8. The van der Waals surface area contributed by atoms with Gasteiger partial charge < -0.3 is 10.0 Å². The van der Waals surface area contributed by atoms with Crippen LogP contribution in [0.25, 0.3) is 0 Å². The van der Waals surface area contributed by atoms with Crippen LogP contribution in [0.2, 0.25) is 0 Å². The fraction of sp³-hybridized carbons (Fsp3) is 0.462. The van der Waals surface area contributed by atoms with Gasteiger partial charge in [-0.1, -0.05) is 6.07 Å². The van der Waals surface area contributed by atoms with Gasteiger partial charge in [-0.3, -0.25) is 4.79 Å². The number of carbonyl (C=O) groups is 1. The van der Waals surface area contributed by atoms with Crippen molar-refractivity contribution >= 4 is 5.91 Å². The van der Waals surface area contributed by atoms with Crippen LogP contribution in [-0.2, 0) is 6.18 Å². The lowest BCUT2D eigenvalue weighted by Gasteiger charge is -2.34. The smallest absolute Gasteiger partial charge is 0.369 e. The Labute approximate surface area is 108 Å². The summed E-state index contributed by atoms with van der Waals surface area (Å²) in [5.74, 6) is -0.582. The molecule has 2 rings (SSSR count). The Hall–Kier alpha value is -1.56. The van der Waals surface area contributed by atoms with Gasteiger partial charge in [-0.15, -0.1) is 0 Å². The summed E-state index contributed by atoms with van der Waals surface area (Å²) in [5.41, 5.74) is -2.16. The van der Waals surface area contributed by atoms with Gasteiger partial charge in [0.1, 0.15) is 0 Å². The second-order valence-corrected chi connectivity index (χ2v) is 5.48. The highest BCUT2D eigenvalue weighted by molar-refractivity contribution is 5.99. The van der Waals surface area contributed by atoms with Gasteiger partial charge >= 0.3 is 6.18 Å². The van der Waals surface area contributed by atoms with Crippen LogP contribution in [0, 0.1) is 0 Å². The molecule has 0 aromatic heterocycles. The van der Waals surface area contributed by atoms with Gasteiger partial charge in [-0.05, 0) is 32.9 Å². The number of fused-ring (bicyclic) bond motifs is 1. The third-order valence-electron chi connectivity index (χ3n) is 3.09. The van der Waals surface area contributed by atoms with E-state index >= 15 is 0 Å². The molecule has 1 aliphatic heterocycles. The number of aliphatic hydroxyl groups is 1. The Bertz CT molecular complexity index is 532. The first-order valence-corrected chi connectivity index (χ1v) is 5.77. The quantitative estimate of drug-likeness (QED) is 0.789. The zero-order chi connectivity index (χ0) is 14.6. The van der Waals surface area contributed by atoms with Gasteiger partial charge in [0.2, 0.25) is 0 Å². The molecular formula is C13H14F3NO2. The van der Waals surface area contributed by atoms with Crippen LogP contribution in [-0.4, -0.2) is 21.5 Å². The maximum atomic E-state index is 12.9. The van der Waals surface area contributed by atoms with Gasteiger partial charge in [0.05, 0.1) is 5.56 Å². The average molecular weight is 273 g/mol. The topological polar surface area (TPSA) is 40.5 Å². The van der Waals surface area contributed by atoms with E-state index in [9.17, 15) is 23.1 Å². The summed E-state index contributed by atoms with van der Waals surface area (Å²) in [6, 6.07) is 3.36. The molecule has 6 heteroatoms. The second-order valence-electron chi connectivity index (χ2n) is 5.48. The zero-order valence-corrected chi connectivity index (χ0v) is 10.7. The first-order chi connectivity index (χ1) is 8.55. The van der Waals surface area contributed by atoms with Crippen LogP contribution in [0.4, 0.5) is 13.2 Å². The zero-order valence-electron chi connectivity index (χ0n) is 10.7. The monoisotopic (exact) mass is 273 g/mol. The number of aliphatic hydroxyl groups excluding tert-OH is 1. The third-order valence-corrected chi connectivity index (χ3v) is 3.09. The molecule has 1 atom stereocenters. The van der Waals surface area contributed by atoms with Crippen molar-refractivity contribution in [3.63, 3.8) is 0 Å². The first kappa shape index (κ1) is 13.9. The molecule has 0 unspecified atom stereocenters. The Balaban J connectivity index is 2.64. The molecule has 0 spiro atoms. The molecule has 1 heterocycles. The van der Waals surface area contributed by atoms with Gasteiger partial charge in [0, 0.05) is 16.7 Å². The number of benzene rings is 1. The molecule has 1 aromatic rings. The number of rotatable bonds is 0. The van der Waals surface area contributed by atoms with E-state index in [4.69, 9.17) is 0 Å². The van der Waals surface area contributed by atoms with Crippen molar-refractivity contribution < 1.29 is 23.1 Å². The van der Waals surface area contributed by atoms with Crippen molar-refractivity contribution in [3.05, 3.63) is 34.9 Å². The van der Waals surface area contributed by atoms with E-state index in [0.29, 0.717) is 0 Å². The number of halogens is 3. The molecule has 0 saturated carbocycles. The van der Waals surface area contributed by atoms with Crippen molar-refractivity contribution in [1.29, 1.82) is 0 Å². The van der Waals surface area contributed by atoms with Gasteiger partial charge in [-0.25, -0.2) is 0 Å². The predicted octanol–water partition coefficient (Wildman–Crippen LogP) is 2.95. The first-order valence-electron chi connectivity index (χ1n) is 5.77. The molecule has 0 radical (unpaired) electrons. The molecule has 3 nitrogen and oxygen atoms in total. The van der Waals surface area contributed by atoms with Crippen LogP contribution >= 0.6 is 0 Å². The fourth-order valence-electron chi connectivity index (χ4n) is 2.32. The molecule has 0 fully saturated rings. The minimum atomic E-state index is -4.60. The minimum absolute atomic E-state index is 0.0859. The van der Waals surface area contributed by atoms with Crippen molar-refractivity contribution in [3.8, 4) is 0 Å². The molecule has 1 aromatic carbocycles. The molecule has 0 aliphatic carbocycles. The minimum Gasteiger partial charge on any atom is -0.369 e. The predicted molar refractivity (Wildman–Crippen MR) is 62.3 cm³/mol. The average Bonchev–Trinajstić information content (AvgIpc) is 2.49. The van der Waals surface area contributed by atoms with Crippen LogP contribution in [0.1, 0.15) is 48.5 Å². The summed E-state index contributed by atoms with van der Waals surface area (Å²) in [4.78, 5) is 13.2. The molecule has 0 bridgehead atoms. The van der Waals surface area contributed by atoms with Crippen molar-refractivity contribution in [1.82, 2.24) is 4.90 Å². The number of hydrogen-bond donors (Lipinski definition) is 1. The lowest BCUT2D eigenvalue weighted by atomic mass is 10.0. The van der Waals surface area contributed by atoms with Crippen molar-refractivity contribution in [2.45, 2.75) is 38.7 Å². The Kier molecular flexibility index (Phi) is 2.89. The van der Waals surface area contributed by atoms with E-state index in [2.05, 4.69) is 0 Å². The van der Waals surface area contributed by atoms with E-state index < -0.39 is 29.4 Å². The van der Waals surface area contributed by atoms with Gasteiger partial charge in [0.15, 0.2) is 6.23 Å². The molecule has 0 saturated heterocycles. The van der Waals surface area contributed by atoms with Crippen LogP contribution < -0.4 is 0 Å². The molecular weight excluding hydrogens is 259 g/mol. The van der Waals surface area contributed by atoms with Crippen LogP contribution in [0.3, 0.4) is 0 Å². The lowest BCUT2D eigenvalue weighted by molar-refractivity contribution is -0.140.